The predicted molar refractivity (Wildman–Crippen MR) is 119 cm³/mol. The molecule has 7 nitrogen and oxygen atoms in total. The summed E-state index contributed by atoms with van der Waals surface area (Å²) in [6, 6.07) is 9.12. The van der Waals surface area contributed by atoms with Crippen LogP contribution in [0.2, 0.25) is 0 Å². The van der Waals surface area contributed by atoms with E-state index in [1.165, 1.54) is 11.1 Å². The Balaban J connectivity index is 1.14. The number of carbonyl (C=O) groups is 2. The van der Waals surface area contributed by atoms with Crippen molar-refractivity contribution in [2.75, 3.05) is 32.7 Å². The molecule has 2 amide bonds. The molecule has 1 aromatic rings. The number of fused-ring (bicyclic) bond motifs is 4. The monoisotopic (exact) mass is 425 g/mol. The number of nitrogens with one attached hydrogen (secondary N) is 2. The highest BCUT2D eigenvalue weighted by Crippen LogP contribution is 2.37. The van der Waals surface area contributed by atoms with Crippen LogP contribution < -0.4 is 10.7 Å². The molecule has 2 N–H and O–H groups in total. The maximum Gasteiger partial charge on any atom is 0.241 e. The first-order chi connectivity index (χ1) is 15.2. The Morgan fingerprint density at radius 1 is 1.16 bits per heavy atom. The van der Waals surface area contributed by atoms with Gasteiger partial charge in [-0.15, -0.1) is 0 Å². The molecule has 3 fully saturated rings. The molecule has 0 spiro atoms. The lowest BCUT2D eigenvalue weighted by molar-refractivity contribution is -0.155. The quantitative estimate of drug-likeness (QED) is 0.741. The van der Waals surface area contributed by atoms with Crippen molar-refractivity contribution in [3.8, 4) is 0 Å². The lowest BCUT2D eigenvalue weighted by Crippen LogP contribution is -2.68. The van der Waals surface area contributed by atoms with Crippen molar-refractivity contribution < 1.29 is 9.59 Å². The second kappa shape index (κ2) is 8.88. The molecule has 0 aromatic heterocycles. The zero-order valence-electron chi connectivity index (χ0n) is 18.6. The van der Waals surface area contributed by atoms with Crippen LogP contribution in [0, 0.1) is 5.92 Å². The predicted octanol–water partition coefficient (Wildman–Crippen LogP) is 1.14. The summed E-state index contributed by atoms with van der Waals surface area (Å²) in [4.78, 5) is 30.4. The van der Waals surface area contributed by atoms with Crippen LogP contribution in [0.25, 0.3) is 0 Å². The van der Waals surface area contributed by atoms with Crippen LogP contribution in [0.3, 0.4) is 0 Å². The van der Waals surface area contributed by atoms with E-state index in [0.29, 0.717) is 12.6 Å². The highest BCUT2D eigenvalue weighted by Gasteiger charge is 2.50. The van der Waals surface area contributed by atoms with Gasteiger partial charge < -0.3 is 10.2 Å². The van der Waals surface area contributed by atoms with Crippen molar-refractivity contribution in [2.24, 2.45) is 5.92 Å². The molecule has 4 aliphatic rings. The Bertz CT molecular complexity index is 830. The van der Waals surface area contributed by atoms with Crippen LogP contribution in [-0.2, 0) is 22.6 Å². The SMILES string of the molecule is CCN1C(=O)C2CCNN2C2CCC(C(=O)NCCN3CCc4ccccc4C3)CC21. The van der Waals surface area contributed by atoms with Crippen molar-refractivity contribution >= 4 is 11.8 Å². The van der Waals surface area contributed by atoms with E-state index in [4.69, 9.17) is 0 Å². The van der Waals surface area contributed by atoms with E-state index >= 15 is 0 Å². The fourth-order valence-corrected chi connectivity index (χ4v) is 6.17. The number of piperazine rings is 1. The minimum atomic E-state index is -0.0127. The van der Waals surface area contributed by atoms with Crippen LogP contribution in [0.4, 0.5) is 0 Å². The van der Waals surface area contributed by atoms with Gasteiger partial charge in [-0.2, -0.15) is 0 Å². The summed E-state index contributed by atoms with van der Waals surface area (Å²) in [7, 11) is 0. The van der Waals surface area contributed by atoms with Gasteiger partial charge in [-0.05, 0) is 50.2 Å². The molecule has 5 rings (SSSR count). The zero-order valence-corrected chi connectivity index (χ0v) is 18.6. The van der Waals surface area contributed by atoms with Gasteiger partial charge in [-0.3, -0.25) is 19.9 Å². The Morgan fingerprint density at radius 2 is 2.00 bits per heavy atom. The number of likely N-dealkylation sites (N-methyl/N-ethyl adjacent to an activating group) is 1. The summed E-state index contributed by atoms with van der Waals surface area (Å²) >= 11 is 0. The third-order valence-electron chi connectivity index (χ3n) is 7.80. The van der Waals surface area contributed by atoms with Gasteiger partial charge in [0.15, 0.2) is 0 Å². The molecule has 0 radical (unpaired) electrons. The van der Waals surface area contributed by atoms with E-state index in [0.717, 1.165) is 64.8 Å². The summed E-state index contributed by atoms with van der Waals surface area (Å²) in [5, 5.41) is 5.41. The summed E-state index contributed by atoms with van der Waals surface area (Å²) in [6.07, 6.45) is 4.63. The first-order valence-corrected chi connectivity index (χ1v) is 12.0. The van der Waals surface area contributed by atoms with Gasteiger partial charge in [0.2, 0.25) is 11.8 Å². The fraction of sp³-hybridized carbons (Fsp3) is 0.667. The first kappa shape index (κ1) is 20.9. The number of hydrazine groups is 1. The number of benzene rings is 1. The normalized spacial score (nSPS) is 31.1. The lowest BCUT2D eigenvalue weighted by atomic mass is 9.78. The van der Waals surface area contributed by atoms with Gasteiger partial charge in [0.05, 0.1) is 0 Å². The third-order valence-corrected chi connectivity index (χ3v) is 7.80. The molecule has 3 aliphatic heterocycles. The molecule has 3 heterocycles. The Labute approximate surface area is 185 Å². The van der Waals surface area contributed by atoms with Crippen LogP contribution in [0.5, 0.6) is 0 Å². The minimum absolute atomic E-state index is 0.00401. The fourth-order valence-electron chi connectivity index (χ4n) is 6.17. The number of hydrogen-bond acceptors (Lipinski definition) is 5. The average Bonchev–Trinajstić information content (AvgIpc) is 3.29. The number of rotatable bonds is 5. The van der Waals surface area contributed by atoms with Crippen molar-refractivity contribution in [1.29, 1.82) is 0 Å². The number of hydrogen-bond donors (Lipinski definition) is 2. The van der Waals surface area contributed by atoms with Crippen molar-refractivity contribution in [2.45, 2.75) is 63.7 Å². The van der Waals surface area contributed by atoms with Gasteiger partial charge in [0.1, 0.15) is 6.04 Å². The van der Waals surface area contributed by atoms with Gasteiger partial charge in [-0.25, -0.2) is 5.01 Å². The van der Waals surface area contributed by atoms with E-state index in [-0.39, 0.29) is 29.8 Å². The van der Waals surface area contributed by atoms with E-state index in [9.17, 15) is 9.59 Å². The Morgan fingerprint density at radius 3 is 2.84 bits per heavy atom. The minimum Gasteiger partial charge on any atom is -0.355 e. The number of carbonyl (C=O) groups excluding carboxylic acids is 2. The van der Waals surface area contributed by atoms with E-state index in [2.05, 4.69) is 51.8 Å². The second-order valence-electron chi connectivity index (χ2n) is 9.47. The number of amides is 2. The second-order valence-corrected chi connectivity index (χ2v) is 9.47. The average molecular weight is 426 g/mol. The summed E-state index contributed by atoms with van der Waals surface area (Å²) in [5.41, 5.74) is 6.30. The van der Waals surface area contributed by atoms with Crippen LogP contribution >= 0.6 is 0 Å². The maximum absolute atomic E-state index is 13.0. The highest BCUT2D eigenvalue weighted by molar-refractivity contribution is 5.84. The highest BCUT2D eigenvalue weighted by atomic mass is 16.2. The Kier molecular flexibility index (Phi) is 5.99. The van der Waals surface area contributed by atoms with Crippen LogP contribution in [-0.4, -0.2) is 77.5 Å². The summed E-state index contributed by atoms with van der Waals surface area (Å²) in [6.45, 7) is 7.27. The molecule has 1 aliphatic carbocycles. The summed E-state index contributed by atoms with van der Waals surface area (Å²) in [5.74, 6) is 0.403. The molecular weight excluding hydrogens is 390 g/mol. The molecule has 4 atom stereocenters. The van der Waals surface area contributed by atoms with E-state index < -0.39 is 0 Å². The molecule has 2 saturated heterocycles. The molecular formula is C24H35N5O2. The molecule has 1 saturated carbocycles. The molecule has 0 bridgehead atoms. The smallest absolute Gasteiger partial charge is 0.241 e. The molecule has 4 unspecified atom stereocenters. The van der Waals surface area contributed by atoms with E-state index in [1.807, 2.05) is 4.90 Å². The first-order valence-electron chi connectivity index (χ1n) is 12.0. The molecule has 1 aromatic carbocycles. The van der Waals surface area contributed by atoms with Crippen LogP contribution in [0.15, 0.2) is 24.3 Å². The third kappa shape index (κ3) is 3.99. The topological polar surface area (TPSA) is 67.9 Å². The van der Waals surface area contributed by atoms with Gasteiger partial charge in [0.25, 0.3) is 0 Å². The molecule has 31 heavy (non-hydrogen) atoms. The molecule has 7 heteroatoms. The summed E-state index contributed by atoms with van der Waals surface area (Å²) < 4.78 is 0. The van der Waals surface area contributed by atoms with Crippen molar-refractivity contribution in [3.63, 3.8) is 0 Å². The van der Waals surface area contributed by atoms with Gasteiger partial charge in [0, 0.05) is 57.3 Å². The van der Waals surface area contributed by atoms with Crippen LogP contribution in [0.1, 0.15) is 43.7 Å². The largest absolute Gasteiger partial charge is 0.355 e. The van der Waals surface area contributed by atoms with Gasteiger partial charge in [-0.1, -0.05) is 24.3 Å². The van der Waals surface area contributed by atoms with Gasteiger partial charge >= 0.3 is 0 Å². The standard InChI is InChI=1S/C24H35N5O2/c1-2-28-22-15-18(7-8-20(22)29-21(24(28)31)9-11-26-29)23(30)25-12-14-27-13-10-17-5-3-4-6-19(17)16-27/h3-6,18,20-22,26H,2,7-16H2,1H3,(H,25,30). The van der Waals surface area contributed by atoms with Crippen molar-refractivity contribution in [3.05, 3.63) is 35.4 Å². The number of nitrogens with zero attached hydrogens (tertiary/aromatic N) is 3. The zero-order chi connectivity index (χ0) is 21.4. The molecule has 168 valence electrons. The lowest BCUT2D eigenvalue weighted by Gasteiger charge is -2.51. The van der Waals surface area contributed by atoms with E-state index in [1.54, 1.807) is 0 Å². The Hall–Kier alpha value is -1.96. The van der Waals surface area contributed by atoms with Crippen molar-refractivity contribution in [1.82, 2.24) is 25.6 Å². The maximum atomic E-state index is 13.0.